The zero-order valence-electron chi connectivity index (χ0n) is 11.1. The van der Waals surface area contributed by atoms with Crippen molar-refractivity contribution < 1.29 is 27.8 Å². The zero-order chi connectivity index (χ0) is 16.2. The Labute approximate surface area is 128 Å². The number of rotatable bonds is 5. The second kappa shape index (κ2) is 6.74. The molecular formula is C15H11F3O3S. The second-order valence-electron chi connectivity index (χ2n) is 4.29. The van der Waals surface area contributed by atoms with Crippen molar-refractivity contribution >= 4 is 17.7 Å². The molecule has 0 aliphatic heterocycles. The molecule has 22 heavy (non-hydrogen) atoms. The van der Waals surface area contributed by atoms with Crippen molar-refractivity contribution in [2.45, 2.75) is 17.0 Å². The van der Waals surface area contributed by atoms with Crippen molar-refractivity contribution in [3.63, 3.8) is 0 Å². The molecule has 3 nitrogen and oxygen atoms in total. The average Bonchev–Trinajstić information content (AvgIpc) is 2.45. The third-order valence-corrected chi connectivity index (χ3v) is 3.80. The summed E-state index contributed by atoms with van der Waals surface area (Å²) < 4.78 is 40.2. The van der Waals surface area contributed by atoms with Gasteiger partial charge in [0, 0.05) is 10.6 Å². The lowest BCUT2D eigenvalue weighted by Gasteiger charge is -2.11. The first-order chi connectivity index (χ1) is 10.3. The van der Waals surface area contributed by atoms with Crippen LogP contribution in [0.15, 0.2) is 53.4 Å². The molecule has 0 saturated carbocycles. The van der Waals surface area contributed by atoms with E-state index in [9.17, 15) is 18.0 Å². The van der Waals surface area contributed by atoms with Gasteiger partial charge in [0.05, 0.1) is 5.56 Å². The van der Waals surface area contributed by atoms with Crippen LogP contribution < -0.4 is 4.74 Å². The minimum absolute atomic E-state index is 0.220. The van der Waals surface area contributed by atoms with Gasteiger partial charge in [0.1, 0.15) is 5.75 Å². The van der Waals surface area contributed by atoms with Crippen LogP contribution in [0.2, 0.25) is 0 Å². The summed E-state index contributed by atoms with van der Waals surface area (Å²) in [4.78, 5) is 11.6. The monoisotopic (exact) mass is 328 g/mol. The first kappa shape index (κ1) is 16.2. The van der Waals surface area contributed by atoms with E-state index in [0.29, 0.717) is 10.6 Å². The smallest absolute Gasteiger partial charge is 0.478 e. The molecule has 0 fully saturated rings. The number of carboxylic acids is 1. The molecule has 0 spiro atoms. The molecule has 0 radical (unpaired) electrons. The summed E-state index contributed by atoms with van der Waals surface area (Å²) in [5.41, 5.74) is 0.766. The minimum Gasteiger partial charge on any atom is -0.478 e. The zero-order valence-corrected chi connectivity index (χ0v) is 11.9. The molecule has 0 unspecified atom stereocenters. The summed E-state index contributed by atoms with van der Waals surface area (Å²) in [6, 6.07) is 12.6. The van der Waals surface area contributed by atoms with Crippen LogP contribution in [0, 0.1) is 0 Å². The maximum Gasteiger partial charge on any atom is 0.573 e. The van der Waals surface area contributed by atoms with E-state index in [0.717, 1.165) is 17.7 Å². The van der Waals surface area contributed by atoms with E-state index in [-0.39, 0.29) is 5.56 Å². The van der Waals surface area contributed by atoms with E-state index >= 15 is 0 Å². The van der Waals surface area contributed by atoms with Crippen LogP contribution in [0.1, 0.15) is 15.9 Å². The predicted octanol–water partition coefficient (Wildman–Crippen LogP) is 4.58. The number of benzene rings is 2. The number of halogens is 3. The first-order valence-electron chi connectivity index (χ1n) is 6.15. The van der Waals surface area contributed by atoms with Gasteiger partial charge in [-0.3, -0.25) is 0 Å². The van der Waals surface area contributed by atoms with Gasteiger partial charge in [-0.2, -0.15) is 0 Å². The van der Waals surface area contributed by atoms with E-state index in [2.05, 4.69) is 4.74 Å². The highest BCUT2D eigenvalue weighted by atomic mass is 32.2. The van der Waals surface area contributed by atoms with Crippen LogP contribution in [0.25, 0.3) is 0 Å². The predicted molar refractivity (Wildman–Crippen MR) is 76.1 cm³/mol. The number of carbonyl (C=O) groups is 1. The van der Waals surface area contributed by atoms with Crippen molar-refractivity contribution in [2.75, 3.05) is 0 Å². The van der Waals surface area contributed by atoms with Crippen molar-refractivity contribution in [2.24, 2.45) is 0 Å². The highest BCUT2D eigenvalue weighted by Gasteiger charge is 2.31. The normalized spacial score (nSPS) is 11.2. The third kappa shape index (κ3) is 4.70. The molecule has 0 aliphatic carbocycles. The molecule has 2 aromatic carbocycles. The summed E-state index contributed by atoms with van der Waals surface area (Å²) in [5, 5.41) is 9.14. The van der Waals surface area contributed by atoms with Crippen LogP contribution in [0.3, 0.4) is 0 Å². The topological polar surface area (TPSA) is 46.5 Å². The Morgan fingerprint density at radius 2 is 1.82 bits per heavy atom. The second-order valence-corrected chi connectivity index (χ2v) is 5.30. The Bertz CT molecular complexity index is 657. The van der Waals surface area contributed by atoms with Gasteiger partial charge >= 0.3 is 12.3 Å². The summed E-state index contributed by atoms with van der Waals surface area (Å²) in [6.45, 7) is 0. The molecule has 0 heterocycles. The van der Waals surface area contributed by atoms with Crippen molar-refractivity contribution in [1.29, 1.82) is 0 Å². The fourth-order valence-corrected chi connectivity index (χ4v) is 2.72. The minimum atomic E-state index is -4.85. The largest absolute Gasteiger partial charge is 0.573 e. The molecule has 7 heteroatoms. The average molecular weight is 328 g/mol. The molecule has 116 valence electrons. The van der Waals surface area contributed by atoms with Gasteiger partial charge in [-0.1, -0.05) is 30.3 Å². The van der Waals surface area contributed by atoms with Crippen LogP contribution in [0.4, 0.5) is 13.2 Å². The standard InChI is InChI=1S/C15H11F3O3S/c16-15(17,18)21-11-6-7-13(12(8-11)14(19)20)22-9-10-4-2-1-3-5-10/h1-8H,9H2,(H,19,20). The number of ether oxygens (including phenoxy) is 1. The molecule has 0 aromatic heterocycles. The lowest BCUT2D eigenvalue weighted by molar-refractivity contribution is -0.274. The molecular weight excluding hydrogens is 317 g/mol. The fourth-order valence-electron chi connectivity index (χ4n) is 1.73. The molecule has 1 N–H and O–H groups in total. The SMILES string of the molecule is O=C(O)c1cc(OC(F)(F)F)ccc1SCc1ccccc1. The molecule has 2 rings (SSSR count). The Hall–Kier alpha value is -2.15. The maximum atomic E-state index is 12.2. The quantitative estimate of drug-likeness (QED) is 0.816. The van der Waals surface area contributed by atoms with Gasteiger partial charge in [0.2, 0.25) is 0 Å². The van der Waals surface area contributed by atoms with Gasteiger partial charge in [0.15, 0.2) is 0 Å². The number of carboxylic acid groups (broad SMARTS) is 1. The highest BCUT2D eigenvalue weighted by Crippen LogP contribution is 2.31. The van der Waals surface area contributed by atoms with E-state index in [1.807, 2.05) is 30.3 Å². The van der Waals surface area contributed by atoms with E-state index in [1.165, 1.54) is 17.8 Å². The van der Waals surface area contributed by atoms with Gasteiger partial charge in [-0.05, 0) is 23.8 Å². The molecule has 0 aliphatic rings. The summed E-state index contributed by atoms with van der Waals surface area (Å²) in [7, 11) is 0. The number of thioether (sulfide) groups is 1. The molecule has 2 aromatic rings. The van der Waals surface area contributed by atoms with Crippen LogP contribution in [0.5, 0.6) is 5.75 Å². The summed E-state index contributed by atoms with van der Waals surface area (Å²) in [6.07, 6.45) is -4.85. The number of hydrogen-bond donors (Lipinski definition) is 1. The summed E-state index contributed by atoms with van der Waals surface area (Å²) in [5.74, 6) is -1.34. The highest BCUT2D eigenvalue weighted by molar-refractivity contribution is 7.98. The van der Waals surface area contributed by atoms with Crippen molar-refractivity contribution in [3.05, 3.63) is 59.7 Å². The molecule has 0 saturated heterocycles. The maximum absolute atomic E-state index is 12.2. The van der Waals surface area contributed by atoms with Gasteiger partial charge in [-0.15, -0.1) is 24.9 Å². The fraction of sp³-hybridized carbons (Fsp3) is 0.133. The van der Waals surface area contributed by atoms with E-state index < -0.39 is 18.1 Å². The Morgan fingerprint density at radius 1 is 1.14 bits per heavy atom. The van der Waals surface area contributed by atoms with Gasteiger partial charge < -0.3 is 9.84 Å². The van der Waals surface area contributed by atoms with E-state index in [1.54, 1.807) is 0 Å². The van der Waals surface area contributed by atoms with Crippen LogP contribution in [-0.2, 0) is 5.75 Å². The lowest BCUT2D eigenvalue weighted by atomic mass is 10.2. The number of alkyl halides is 3. The van der Waals surface area contributed by atoms with Gasteiger partial charge in [-0.25, -0.2) is 4.79 Å². The van der Waals surface area contributed by atoms with Crippen LogP contribution >= 0.6 is 11.8 Å². The number of hydrogen-bond acceptors (Lipinski definition) is 3. The third-order valence-electron chi connectivity index (χ3n) is 2.65. The molecule has 0 bridgehead atoms. The summed E-state index contributed by atoms with van der Waals surface area (Å²) >= 11 is 1.24. The molecule has 0 amide bonds. The molecule has 0 atom stereocenters. The Balaban J connectivity index is 2.18. The van der Waals surface area contributed by atoms with Crippen LogP contribution in [-0.4, -0.2) is 17.4 Å². The Kier molecular flexibility index (Phi) is 4.97. The van der Waals surface area contributed by atoms with Crippen molar-refractivity contribution in [3.8, 4) is 5.75 Å². The van der Waals surface area contributed by atoms with Gasteiger partial charge in [0.25, 0.3) is 0 Å². The first-order valence-corrected chi connectivity index (χ1v) is 7.13. The van der Waals surface area contributed by atoms with Crippen molar-refractivity contribution in [1.82, 2.24) is 0 Å². The van der Waals surface area contributed by atoms with E-state index in [4.69, 9.17) is 5.11 Å². The number of aromatic carboxylic acids is 1. The lowest BCUT2D eigenvalue weighted by Crippen LogP contribution is -2.17. The Morgan fingerprint density at radius 3 is 2.41 bits per heavy atom.